The van der Waals surface area contributed by atoms with Crippen molar-refractivity contribution in [3.8, 4) is 11.3 Å². The summed E-state index contributed by atoms with van der Waals surface area (Å²) in [5.74, 6) is 2.04. The summed E-state index contributed by atoms with van der Waals surface area (Å²) < 4.78 is 4.21. The van der Waals surface area contributed by atoms with E-state index in [9.17, 15) is 0 Å². The number of hydrogen-bond acceptors (Lipinski definition) is 6. The summed E-state index contributed by atoms with van der Waals surface area (Å²) in [5, 5.41) is 14.2. The summed E-state index contributed by atoms with van der Waals surface area (Å²) >= 11 is 0. The van der Waals surface area contributed by atoms with Crippen LogP contribution in [0.4, 0.5) is 11.6 Å². The Bertz CT molecular complexity index is 1340. The van der Waals surface area contributed by atoms with Gasteiger partial charge in [-0.25, -0.2) is 15.0 Å². The van der Waals surface area contributed by atoms with Crippen molar-refractivity contribution < 1.29 is 0 Å². The van der Waals surface area contributed by atoms with Crippen molar-refractivity contribution in [2.75, 3.05) is 18.4 Å². The first kappa shape index (κ1) is 18.1. The molecule has 31 heavy (non-hydrogen) atoms. The van der Waals surface area contributed by atoms with Crippen LogP contribution in [0, 0.1) is 5.92 Å². The number of H-pyrrole nitrogens is 1. The van der Waals surface area contributed by atoms with Gasteiger partial charge in [-0.2, -0.15) is 5.10 Å². The Balaban J connectivity index is 1.25. The second kappa shape index (κ2) is 7.51. The minimum atomic E-state index is 0.675. The molecule has 0 bridgehead atoms. The number of fused-ring (bicyclic) bond motifs is 2. The van der Waals surface area contributed by atoms with Crippen LogP contribution in [0.1, 0.15) is 12.8 Å². The molecule has 0 radical (unpaired) electrons. The van der Waals surface area contributed by atoms with Gasteiger partial charge in [0.15, 0.2) is 17.3 Å². The van der Waals surface area contributed by atoms with Gasteiger partial charge in [0.1, 0.15) is 11.2 Å². The molecule has 0 saturated carbocycles. The lowest BCUT2D eigenvalue weighted by molar-refractivity contribution is 0.336. The van der Waals surface area contributed by atoms with Crippen molar-refractivity contribution in [2.45, 2.75) is 19.4 Å². The summed E-state index contributed by atoms with van der Waals surface area (Å²) in [6.07, 6.45) is 11.9. The first-order chi connectivity index (χ1) is 15.3. The normalized spacial score (nSPS) is 15.1. The average Bonchev–Trinajstić information content (AvgIpc) is 3.55. The lowest BCUT2D eigenvalue weighted by Crippen LogP contribution is -2.29. The fourth-order valence-corrected chi connectivity index (χ4v) is 4.31. The van der Waals surface area contributed by atoms with Gasteiger partial charge in [-0.3, -0.25) is 5.10 Å². The molecule has 0 amide bonds. The van der Waals surface area contributed by atoms with Crippen molar-refractivity contribution in [1.29, 1.82) is 0 Å². The second-order valence-electron chi connectivity index (χ2n) is 8.00. The third-order valence-electron chi connectivity index (χ3n) is 5.92. The maximum absolute atomic E-state index is 4.82. The molecule has 1 aliphatic heterocycles. The predicted molar refractivity (Wildman–Crippen MR) is 119 cm³/mol. The van der Waals surface area contributed by atoms with Crippen LogP contribution in [0.25, 0.3) is 28.1 Å². The molecule has 5 aromatic rings. The average molecular weight is 413 g/mol. The van der Waals surface area contributed by atoms with E-state index in [0.717, 1.165) is 47.7 Å². The van der Waals surface area contributed by atoms with E-state index in [1.54, 1.807) is 12.4 Å². The number of aromatic nitrogens is 7. The Morgan fingerprint density at radius 3 is 2.90 bits per heavy atom. The van der Waals surface area contributed by atoms with Crippen LogP contribution >= 0.6 is 0 Å². The topological polar surface area (TPSA) is 101 Å². The van der Waals surface area contributed by atoms with Gasteiger partial charge in [-0.15, -0.1) is 0 Å². The zero-order valence-electron chi connectivity index (χ0n) is 17.0. The number of nitrogens with one attached hydrogen (secondary N) is 3. The highest BCUT2D eigenvalue weighted by molar-refractivity contribution is 5.77. The standard InChI is InChI=1S/C22H23N9/c1-2-16(21-24-8-11-30(21)9-1)18-12-19(29-28-18)26-20-13-25-17-5-10-31(22(17)27-20)14-15-3-6-23-7-4-15/h1-2,5,8-13,15,23H,3-4,6-7,14H2,(H2,26,27,28,29). The van der Waals surface area contributed by atoms with Gasteiger partial charge < -0.3 is 19.6 Å². The van der Waals surface area contributed by atoms with Crippen LogP contribution in [0.2, 0.25) is 0 Å². The number of aromatic amines is 1. The van der Waals surface area contributed by atoms with E-state index in [4.69, 9.17) is 4.98 Å². The van der Waals surface area contributed by atoms with Crippen molar-refractivity contribution in [3.63, 3.8) is 0 Å². The maximum atomic E-state index is 4.82. The molecule has 1 fully saturated rings. The summed E-state index contributed by atoms with van der Waals surface area (Å²) in [7, 11) is 0. The van der Waals surface area contributed by atoms with Gasteiger partial charge >= 0.3 is 0 Å². The van der Waals surface area contributed by atoms with Crippen molar-refractivity contribution in [1.82, 2.24) is 39.4 Å². The number of imidazole rings is 1. The van der Waals surface area contributed by atoms with E-state index in [-0.39, 0.29) is 0 Å². The molecule has 6 heterocycles. The van der Waals surface area contributed by atoms with Gasteiger partial charge in [0, 0.05) is 43.0 Å². The molecule has 1 aliphatic rings. The Kier molecular flexibility index (Phi) is 4.38. The molecule has 0 unspecified atom stereocenters. The number of rotatable bonds is 5. The molecule has 1 saturated heterocycles. The molecule has 0 atom stereocenters. The van der Waals surface area contributed by atoms with Gasteiger partial charge in [0.2, 0.25) is 0 Å². The van der Waals surface area contributed by atoms with E-state index in [0.29, 0.717) is 17.6 Å². The third kappa shape index (κ3) is 3.42. The molecule has 6 rings (SSSR count). The number of pyridine rings is 1. The Morgan fingerprint density at radius 2 is 1.97 bits per heavy atom. The van der Waals surface area contributed by atoms with Crippen LogP contribution in [0.15, 0.2) is 55.2 Å². The minimum Gasteiger partial charge on any atom is -0.331 e. The van der Waals surface area contributed by atoms with Crippen LogP contribution < -0.4 is 10.6 Å². The number of anilines is 2. The minimum absolute atomic E-state index is 0.675. The fourth-order valence-electron chi connectivity index (χ4n) is 4.31. The number of hydrogen-bond donors (Lipinski definition) is 3. The van der Waals surface area contributed by atoms with Crippen LogP contribution in [-0.2, 0) is 6.54 Å². The van der Waals surface area contributed by atoms with Crippen LogP contribution in [0.5, 0.6) is 0 Å². The Morgan fingerprint density at radius 1 is 1.03 bits per heavy atom. The molecule has 0 spiro atoms. The van der Waals surface area contributed by atoms with E-state index < -0.39 is 0 Å². The highest BCUT2D eigenvalue weighted by Crippen LogP contribution is 2.25. The molecular formula is C22H23N9. The van der Waals surface area contributed by atoms with Crippen LogP contribution in [0.3, 0.4) is 0 Å². The van der Waals surface area contributed by atoms with E-state index in [2.05, 4.69) is 41.6 Å². The van der Waals surface area contributed by atoms with E-state index in [1.807, 2.05) is 41.1 Å². The molecule has 0 aromatic carbocycles. The molecule has 3 N–H and O–H groups in total. The van der Waals surface area contributed by atoms with Gasteiger partial charge in [0.05, 0.1) is 11.9 Å². The smallest absolute Gasteiger partial charge is 0.161 e. The molecule has 9 heteroatoms. The van der Waals surface area contributed by atoms with Gasteiger partial charge in [0.25, 0.3) is 0 Å². The summed E-state index contributed by atoms with van der Waals surface area (Å²) in [4.78, 5) is 13.8. The number of piperidine rings is 1. The van der Waals surface area contributed by atoms with E-state index >= 15 is 0 Å². The molecule has 9 nitrogen and oxygen atoms in total. The SMILES string of the molecule is c1cc(-c2cc(Nc3cnc4ccn(CC5CCNCC5)c4n3)n[nH]2)c2nccn2c1. The maximum Gasteiger partial charge on any atom is 0.161 e. The van der Waals surface area contributed by atoms with Crippen molar-refractivity contribution >= 4 is 28.4 Å². The molecule has 5 aromatic heterocycles. The fraction of sp³-hybridized carbons (Fsp3) is 0.273. The third-order valence-corrected chi connectivity index (χ3v) is 5.92. The molecular weight excluding hydrogens is 390 g/mol. The van der Waals surface area contributed by atoms with E-state index in [1.165, 1.54) is 12.8 Å². The Labute approximate surface area is 178 Å². The summed E-state index contributed by atoms with van der Waals surface area (Å²) in [6.45, 7) is 3.16. The van der Waals surface area contributed by atoms with Crippen molar-refractivity contribution in [3.05, 3.63) is 55.2 Å². The zero-order valence-corrected chi connectivity index (χ0v) is 17.0. The molecule has 0 aliphatic carbocycles. The second-order valence-corrected chi connectivity index (χ2v) is 8.00. The summed E-state index contributed by atoms with van der Waals surface area (Å²) in [5.41, 5.74) is 4.58. The number of nitrogens with zero attached hydrogens (tertiary/aromatic N) is 6. The Hall–Kier alpha value is -3.72. The first-order valence-electron chi connectivity index (χ1n) is 10.6. The lowest BCUT2D eigenvalue weighted by atomic mass is 9.98. The quantitative estimate of drug-likeness (QED) is 0.409. The van der Waals surface area contributed by atoms with Gasteiger partial charge in [-0.1, -0.05) is 0 Å². The van der Waals surface area contributed by atoms with Gasteiger partial charge in [-0.05, 0) is 50.0 Å². The highest BCUT2D eigenvalue weighted by Gasteiger charge is 2.16. The summed E-state index contributed by atoms with van der Waals surface area (Å²) in [6, 6.07) is 8.02. The lowest BCUT2D eigenvalue weighted by Gasteiger charge is -2.23. The molecule has 156 valence electrons. The predicted octanol–water partition coefficient (Wildman–Crippen LogP) is 3.21. The van der Waals surface area contributed by atoms with Crippen molar-refractivity contribution in [2.24, 2.45) is 5.92 Å². The monoisotopic (exact) mass is 413 g/mol. The largest absolute Gasteiger partial charge is 0.331 e. The van der Waals surface area contributed by atoms with Crippen LogP contribution in [-0.4, -0.2) is 47.2 Å². The zero-order chi connectivity index (χ0) is 20.6. The first-order valence-corrected chi connectivity index (χ1v) is 10.6. The highest BCUT2D eigenvalue weighted by atomic mass is 15.2.